The Morgan fingerprint density at radius 1 is 1.11 bits per heavy atom. The standard InChI is InChI=1S/C16H20N2/c1-13-11-16(12-17-13)18-9-7-15(8-10-18)14-5-3-2-4-6-14/h2-6,11,15H,7-10,12H2,1H3. The molecule has 0 radical (unpaired) electrons. The summed E-state index contributed by atoms with van der Waals surface area (Å²) in [5, 5.41) is 0. The van der Waals surface area contributed by atoms with E-state index in [2.05, 4.69) is 53.2 Å². The predicted octanol–water partition coefficient (Wildman–Crippen LogP) is 3.22. The number of piperidine rings is 1. The third kappa shape index (κ3) is 2.33. The molecule has 2 heteroatoms. The summed E-state index contributed by atoms with van der Waals surface area (Å²) in [5.74, 6) is 0.742. The molecule has 1 aromatic rings. The van der Waals surface area contributed by atoms with Gasteiger partial charge in [-0.05, 0) is 37.3 Å². The van der Waals surface area contributed by atoms with Gasteiger partial charge in [0.15, 0.2) is 0 Å². The lowest BCUT2D eigenvalue weighted by Crippen LogP contribution is -2.32. The molecule has 0 saturated carbocycles. The summed E-state index contributed by atoms with van der Waals surface area (Å²) >= 11 is 0. The van der Waals surface area contributed by atoms with E-state index in [0.29, 0.717) is 0 Å². The van der Waals surface area contributed by atoms with Gasteiger partial charge in [0.05, 0.1) is 6.54 Å². The fraction of sp³-hybridized carbons (Fsp3) is 0.438. The van der Waals surface area contributed by atoms with Crippen LogP contribution in [0.3, 0.4) is 0 Å². The van der Waals surface area contributed by atoms with Gasteiger partial charge in [0.1, 0.15) is 0 Å². The zero-order chi connectivity index (χ0) is 12.4. The minimum absolute atomic E-state index is 0.742. The van der Waals surface area contributed by atoms with Crippen molar-refractivity contribution in [2.24, 2.45) is 4.99 Å². The second-order valence-corrected chi connectivity index (χ2v) is 5.27. The first-order chi connectivity index (χ1) is 8.83. The number of aliphatic imine (C=N–C) groups is 1. The number of nitrogens with zero attached hydrogens (tertiary/aromatic N) is 2. The van der Waals surface area contributed by atoms with Crippen LogP contribution in [0, 0.1) is 0 Å². The Kier molecular flexibility index (Phi) is 3.18. The first-order valence-electron chi connectivity index (χ1n) is 6.84. The molecule has 1 aromatic carbocycles. The summed E-state index contributed by atoms with van der Waals surface area (Å²) in [6.07, 6.45) is 4.77. The van der Waals surface area contributed by atoms with E-state index < -0.39 is 0 Å². The minimum atomic E-state index is 0.742. The van der Waals surface area contributed by atoms with Crippen molar-refractivity contribution in [2.75, 3.05) is 19.6 Å². The number of hydrogen-bond donors (Lipinski definition) is 0. The maximum absolute atomic E-state index is 4.45. The highest BCUT2D eigenvalue weighted by Crippen LogP contribution is 2.29. The summed E-state index contributed by atoms with van der Waals surface area (Å²) in [5.41, 5.74) is 4.10. The van der Waals surface area contributed by atoms with Crippen molar-refractivity contribution in [2.45, 2.75) is 25.7 Å². The van der Waals surface area contributed by atoms with E-state index in [1.54, 1.807) is 0 Å². The van der Waals surface area contributed by atoms with Crippen LogP contribution in [0.25, 0.3) is 0 Å². The molecule has 94 valence electrons. The van der Waals surface area contributed by atoms with Crippen LogP contribution in [0.15, 0.2) is 47.1 Å². The van der Waals surface area contributed by atoms with Crippen LogP contribution in [0.4, 0.5) is 0 Å². The van der Waals surface area contributed by atoms with Crippen molar-refractivity contribution in [3.05, 3.63) is 47.7 Å². The first-order valence-corrected chi connectivity index (χ1v) is 6.84. The molecule has 0 aliphatic carbocycles. The quantitative estimate of drug-likeness (QED) is 0.775. The molecule has 0 unspecified atom stereocenters. The zero-order valence-corrected chi connectivity index (χ0v) is 11.0. The molecule has 2 nitrogen and oxygen atoms in total. The van der Waals surface area contributed by atoms with Crippen molar-refractivity contribution in [3.8, 4) is 0 Å². The van der Waals surface area contributed by atoms with Crippen LogP contribution in [-0.4, -0.2) is 30.2 Å². The highest BCUT2D eigenvalue weighted by atomic mass is 15.2. The van der Waals surface area contributed by atoms with E-state index in [1.165, 1.54) is 42.9 Å². The molecule has 0 aromatic heterocycles. The Bertz CT molecular complexity index is 465. The van der Waals surface area contributed by atoms with Crippen LogP contribution in [-0.2, 0) is 0 Å². The molecule has 0 N–H and O–H groups in total. The summed E-state index contributed by atoms with van der Waals surface area (Å²) < 4.78 is 0. The summed E-state index contributed by atoms with van der Waals surface area (Å²) in [4.78, 5) is 6.97. The summed E-state index contributed by atoms with van der Waals surface area (Å²) in [6, 6.07) is 10.9. The van der Waals surface area contributed by atoms with E-state index in [-0.39, 0.29) is 0 Å². The van der Waals surface area contributed by atoms with Crippen LogP contribution >= 0.6 is 0 Å². The lowest BCUT2D eigenvalue weighted by atomic mass is 9.89. The zero-order valence-electron chi connectivity index (χ0n) is 11.0. The van der Waals surface area contributed by atoms with Gasteiger partial charge in [0.25, 0.3) is 0 Å². The SMILES string of the molecule is CC1=NCC(N2CCC(c3ccccc3)CC2)=C1. The Labute approximate surface area is 109 Å². The normalized spacial score (nSPS) is 20.8. The molecule has 3 rings (SSSR count). The first kappa shape index (κ1) is 11.5. The topological polar surface area (TPSA) is 15.6 Å². The summed E-state index contributed by atoms with van der Waals surface area (Å²) in [6.45, 7) is 5.33. The molecule has 0 spiro atoms. The fourth-order valence-electron chi connectivity index (χ4n) is 2.95. The van der Waals surface area contributed by atoms with Gasteiger partial charge in [-0.25, -0.2) is 0 Å². The molecule has 2 heterocycles. The van der Waals surface area contributed by atoms with Gasteiger partial charge in [-0.15, -0.1) is 0 Å². The molecule has 1 saturated heterocycles. The average molecular weight is 240 g/mol. The summed E-state index contributed by atoms with van der Waals surface area (Å²) in [7, 11) is 0. The highest BCUT2D eigenvalue weighted by Gasteiger charge is 2.22. The number of benzene rings is 1. The molecule has 1 fully saturated rings. The monoisotopic (exact) mass is 240 g/mol. The van der Waals surface area contributed by atoms with Crippen LogP contribution in [0.1, 0.15) is 31.2 Å². The number of hydrogen-bond acceptors (Lipinski definition) is 2. The van der Waals surface area contributed by atoms with E-state index in [1.807, 2.05) is 0 Å². The number of rotatable bonds is 2. The molecule has 0 atom stereocenters. The third-order valence-corrected chi connectivity index (χ3v) is 4.04. The fourth-order valence-corrected chi connectivity index (χ4v) is 2.95. The lowest BCUT2D eigenvalue weighted by Gasteiger charge is -2.34. The average Bonchev–Trinajstić information content (AvgIpc) is 2.87. The molecule has 0 bridgehead atoms. The van der Waals surface area contributed by atoms with Gasteiger partial charge < -0.3 is 4.90 Å². The largest absolute Gasteiger partial charge is 0.373 e. The lowest BCUT2D eigenvalue weighted by molar-refractivity contribution is 0.262. The molecule has 2 aliphatic heterocycles. The molecule has 0 amide bonds. The second kappa shape index (κ2) is 4.97. The van der Waals surface area contributed by atoms with Crippen molar-refractivity contribution in [1.29, 1.82) is 0 Å². The Hall–Kier alpha value is -1.57. The second-order valence-electron chi connectivity index (χ2n) is 5.27. The van der Waals surface area contributed by atoms with Gasteiger partial charge >= 0.3 is 0 Å². The van der Waals surface area contributed by atoms with Crippen LogP contribution in [0.2, 0.25) is 0 Å². The van der Waals surface area contributed by atoms with Gasteiger partial charge in [-0.3, -0.25) is 4.99 Å². The van der Waals surface area contributed by atoms with Crippen molar-refractivity contribution in [1.82, 2.24) is 4.90 Å². The van der Waals surface area contributed by atoms with Crippen molar-refractivity contribution >= 4 is 5.71 Å². The predicted molar refractivity (Wildman–Crippen MR) is 76.0 cm³/mol. The Morgan fingerprint density at radius 2 is 1.83 bits per heavy atom. The molecular formula is C16H20N2. The molecule has 18 heavy (non-hydrogen) atoms. The Balaban J connectivity index is 1.61. The third-order valence-electron chi connectivity index (χ3n) is 4.04. The highest BCUT2D eigenvalue weighted by molar-refractivity contribution is 5.95. The molecule has 2 aliphatic rings. The van der Waals surface area contributed by atoms with Gasteiger partial charge in [-0.2, -0.15) is 0 Å². The van der Waals surface area contributed by atoms with Gasteiger partial charge in [0, 0.05) is 24.5 Å². The van der Waals surface area contributed by atoms with Gasteiger partial charge in [0.2, 0.25) is 0 Å². The molecular weight excluding hydrogens is 220 g/mol. The maximum atomic E-state index is 4.45. The maximum Gasteiger partial charge on any atom is 0.0792 e. The van der Waals surface area contributed by atoms with Crippen molar-refractivity contribution in [3.63, 3.8) is 0 Å². The van der Waals surface area contributed by atoms with E-state index in [9.17, 15) is 0 Å². The van der Waals surface area contributed by atoms with Crippen LogP contribution < -0.4 is 0 Å². The Morgan fingerprint density at radius 3 is 2.44 bits per heavy atom. The van der Waals surface area contributed by atoms with E-state index >= 15 is 0 Å². The van der Waals surface area contributed by atoms with E-state index in [4.69, 9.17) is 0 Å². The van der Waals surface area contributed by atoms with Crippen LogP contribution in [0.5, 0.6) is 0 Å². The number of likely N-dealkylation sites (tertiary alicyclic amines) is 1. The number of allylic oxidation sites excluding steroid dienone is 1. The van der Waals surface area contributed by atoms with Gasteiger partial charge in [-0.1, -0.05) is 30.3 Å². The van der Waals surface area contributed by atoms with E-state index in [0.717, 1.165) is 12.5 Å². The van der Waals surface area contributed by atoms with Crippen molar-refractivity contribution < 1.29 is 0 Å². The smallest absolute Gasteiger partial charge is 0.0792 e. The minimum Gasteiger partial charge on any atom is -0.373 e.